The molecule has 0 saturated carbocycles. The van der Waals surface area contributed by atoms with Gasteiger partial charge in [-0.3, -0.25) is 4.79 Å². The van der Waals surface area contributed by atoms with Gasteiger partial charge in [-0.1, -0.05) is 34.1 Å². The van der Waals surface area contributed by atoms with Gasteiger partial charge in [0, 0.05) is 15.7 Å². The topological polar surface area (TPSA) is 78.9 Å². The smallest absolute Gasteiger partial charge is 0.244 e. The van der Waals surface area contributed by atoms with E-state index in [1.54, 1.807) is 24.3 Å². The summed E-state index contributed by atoms with van der Waals surface area (Å²) in [5.41, 5.74) is 7.21. The summed E-state index contributed by atoms with van der Waals surface area (Å²) in [6.45, 7) is 0. The number of benzene rings is 2. The maximum atomic E-state index is 11.7. The molecule has 0 bridgehead atoms. The molecule has 5 heteroatoms. The molecule has 0 heterocycles. The van der Waals surface area contributed by atoms with E-state index >= 15 is 0 Å². The second-order valence-electron chi connectivity index (χ2n) is 4.19. The minimum atomic E-state index is -0.743. The molecule has 1 amide bonds. The Bertz CT molecular complexity index is 662. The Kier molecular flexibility index (Phi) is 4.38. The molecule has 2 aromatic rings. The molecule has 4 nitrogen and oxygen atoms in total. The molecule has 0 radical (unpaired) electrons. The summed E-state index contributed by atoms with van der Waals surface area (Å²) in [5, 5.41) is 12.2. The summed E-state index contributed by atoms with van der Waals surface area (Å²) < 4.78 is 0.941. The predicted octanol–water partition coefficient (Wildman–Crippen LogP) is 2.96. The van der Waals surface area contributed by atoms with Gasteiger partial charge in [0.1, 0.15) is 6.04 Å². The van der Waals surface area contributed by atoms with E-state index < -0.39 is 11.9 Å². The minimum absolute atomic E-state index is 0.431. The third kappa shape index (κ3) is 3.16. The van der Waals surface area contributed by atoms with Gasteiger partial charge in [-0.05, 0) is 30.3 Å². The lowest BCUT2D eigenvalue weighted by Crippen LogP contribution is -2.28. The first-order valence-corrected chi connectivity index (χ1v) is 6.71. The Labute approximate surface area is 125 Å². The molecule has 3 N–H and O–H groups in total. The number of carbonyl (C=O) groups is 1. The van der Waals surface area contributed by atoms with Crippen LogP contribution in [0.5, 0.6) is 0 Å². The standard InChI is InChI=1S/C15H12BrN3O/c16-11-5-7-12(8-6-11)19-14(15(18)20)13-4-2-1-3-10(13)9-17/h1-8,14,19H,(H2,18,20). The molecule has 0 saturated heterocycles. The van der Waals surface area contributed by atoms with Crippen molar-refractivity contribution in [2.75, 3.05) is 5.32 Å². The Morgan fingerprint density at radius 3 is 2.45 bits per heavy atom. The second kappa shape index (κ2) is 6.22. The van der Waals surface area contributed by atoms with Crippen LogP contribution in [0.25, 0.3) is 0 Å². The second-order valence-corrected chi connectivity index (χ2v) is 5.10. The summed E-state index contributed by atoms with van der Waals surface area (Å²) in [5.74, 6) is -0.532. The van der Waals surface area contributed by atoms with E-state index in [2.05, 4.69) is 27.3 Å². The number of nitriles is 1. The van der Waals surface area contributed by atoms with E-state index in [1.807, 2.05) is 24.3 Å². The van der Waals surface area contributed by atoms with Crippen LogP contribution in [0, 0.1) is 11.3 Å². The van der Waals surface area contributed by atoms with E-state index in [1.165, 1.54) is 0 Å². The van der Waals surface area contributed by atoms with E-state index in [0.717, 1.165) is 10.2 Å². The number of anilines is 1. The highest BCUT2D eigenvalue weighted by molar-refractivity contribution is 9.10. The van der Waals surface area contributed by atoms with Crippen molar-refractivity contribution in [2.45, 2.75) is 6.04 Å². The number of amides is 1. The van der Waals surface area contributed by atoms with Gasteiger partial charge in [-0.2, -0.15) is 5.26 Å². The van der Waals surface area contributed by atoms with Gasteiger partial charge >= 0.3 is 0 Å². The van der Waals surface area contributed by atoms with Crippen LogP contribution in [0.1, 0.15) is 17.2 Å². The lowest BCUT2D eigenvalue weighted by Gasteiger charge is -2.18. The average Bonchev–Trinajstić information content (AvgIpc) is 2.46. The monoisotopic (exact) mass is 329 g/mol. The number of carbonyl (C=O) groups excluding carboxylic acids is 1. The van der Waals surface area contributed by atoms with Crippen LogP contribution in [0.4, 0.5) is 5.69 Å². The van der Waals surface area contributed by atoms with Gasteiger partial charge in [0.05, 0.1) is 11.6 Å². The van der Waals surface area contributed by atoms with Crippen molar-refractivity contribution in [1.82, 2.24) is 0 Å². The number of nitrogens with two attached hydrogens (primary N) is 1. The molecule has 0 spiro atoms. The highest BCUT2D eigenvalue weighted by Crippen LogP contribution is 2.23. The highest BCUT2D eigenvalue weighted by Gasteiger charge is 2.20. The lowest BCUT2D eigenvalue weighted by molar-refractivity contribution is -0.118. The zero-order valence-corrected chi connectivity index (χ0v) is 12.1. The molecule has 0 aromatic heterocycles. The van der Waals surface area contributed by atoms with Crippen molar-refractivity contribution in [2.24, 2.45) is 5.73 Å². The van der Waals surface area contributed by atoms with Gasteiger partial charge in [0.2, 0.25) is 5.91 Å². The Hall–Kier alpha value is -2.32. The van der Waals surface area contributed by atoms with Crippen LogP contribution in [-0.4, -0.2) is 5.91 Å². The fourth-order valence-corrected chi connectivity index (χ4v) is 2.13. The number of primary amides is 1. The normalized spacial score (nSPS) is 11.4. The zero-order chi connectivity index (χ0) is 14.5. The third-order valence-electron chi connectivity index (χ3n) is 2.83. The Balaban J connectivity index is 2.35. The fourth-order valence-electron chi connectivity index (χ4n) is 1.87. The summed E-state index contributed by atoms with van der Waals surface area (Å²) >= 11 is 3.35. The van der Waals surface area contributed by atoms with Crippen molar-refractivity contribution in [3.8, 4) is 6.07 Å². The van der Waals surface area contributed by atoms with Crippen molar-refractivity contribution < 1.29 is 4.79 Å². The van der Waals surface area contributed by atoms with Crippen LogP contribution in [0.3, 0.4) is 0 Å². The Morgan fingerprint density at radius 1 is 1.20 bits per heavy atom. The van der Waals surface area contributed by atoms with Crippen molar-refractivity contribution in [3.05, 3.63) is 64.1 Å². The summed E-state index contributed by atoms with van der Waals surface area (Å²) in [6, 6.07) is 15.6. The van der Waals surface area contributed by atoms with Crippen molar-refractivity contribution >= 4 is 27.5 Å². The number of hydrogen-bond acceptors (Lipinski definition) is 3. The molecule has 2 rings (SSSR count). The molecule has 0 aliphatic rings. The number of nitrogens with zero attached hydrogens (tertiary/aromatic N) is 1. The zero-order valence-electron chi connectivity index (χ0n) is 10.5. The van der Waals surface area contributed by atoms with Crippen molar-refractivity contribution in [3.63, 3.8) is 0 Å². The average molecular weight is 330 g/mol. The van der Waals surface area contributed by atoms with Gasteiger partial charge in [0.15, 0.2) is 0 Å². The molecular formula is C15H12BrN3O. The molecule has 0 aliphatic heterocycles. The molecule has 0 fully saturated rings. The molecule has 1 atom stereocenters. The van der Waals surface area contributed by atoms with Crippen LogP contribution in [-0.2, 0) is 4.79 Å². The van der Waals surface area contributed by atoms with Gasteiger partial charge < -0.3 is 11.1 Å². The van der Waals surface area contributed by atoms with Gasteiger partial charge in [-0.25, -0.2) is 0 Å². The van der Waals surface area contributed by atoms with Crippen LogP contribution >= 0.6 is 15.9 Å². The molecular weight excluding hydrogens is 318 g/mol. The lowest BCUT2D eigenvalue weighted by atomic mass is 10.0. The van der Waals surface area contributed by atoms with Crippen LogP contribution < -0.4 is 11.1 Å². The first kappa shape index (κ1) is 14.1. The molecule has 20 heavy (non-hydrogen) atoms. The quantitative estimate of drug-likeness (QED) is 0.904. The van der Waals surface area contributed by atoms with E-state index in [-0.39, 0.29) is 0 Å². The first-order chi connectivity index (χ1) is 9.61. The third-order valence-corrected chi connectivity index (χ3v) is 3.36. The molecule has 2 aromatic carbocycles. The summed E-state index contributed by atoms with van der Waals surface area (Å²) in [7, 11) is 0. The fraction of sp³-hybridized carbons (Fsp3) is 0.0667. The van der Waals surface area contributed by atoms with Crippen LogP contribution in [0.15, 0.2) is 53.0 Å². The summed E-state index contributed by atoms with van der Waals surface area (Å²) in [4.78, 5) is 11.7. The number of halogens is 1. The predicted molar refractivity (Wildman–Crippen MR) is 80.9 cm³/mol. The van der Waals surface area contributed by atoms with Crippen LogP contribution in [0.2, 0.25) is 0 Å². The van der Waals surface area contributed by atoms with E-state index in [4.69, 9.17) is 11.0 Å². The Morgan fingerprint density at radius 2 is 1.85 bits per heavy atom. The van der Waals surface area contributed by atoms with Crippen molar-refractivity contribution in [1.29, 1.82) is 5.26 Å². The minimum Gasteiger partial charge on any atom is -0.370 e. The highest BCUT2D eigenvalue weighted by atomic mass is 79.9. The number of rotatable bonds is 4. The van der Waals surface area contributed by atoms with E-state index in [9.17, 15) is 4.79 Å². The maximum absolute atomic E-state index is 11.7. The number of hydrogen-bond donors (Lipinski definition) is 2. The first-order valence-electron chi connectivity index (χ1n) is 5.92. The number of nitrogens with one attached hydrogen (secondary N) is 1. The van der Waals surface area contributed by atoms with Gasteiger partial charge in [0.25, 0.3) is 0 Å². The molecule has 0 aliphatic carbocycles. The summed E-state index contributed by atoms with van der Waals surface area (Å²) in [6.07, 6.45) is 0. The SMILES string of the molecule is N#Cc1ccccc1C(Nc1ccc(Br)cc1)C(N)=O. The maximum Gasteiger partial charge on any atom is 0.244 e. The van der Waals surface area contributed by atoms with Gasteiger partial charge in [-0.15, -0.1) is 0 Å². The molecule has 1 unspecified atom stereocenters. The molecule has 100 valence electrons. The largest absolute Gasteiger partial charge is 0.370 e. The van der Waals surface area contributed by atoms with E-state index in [0.29, 0.717) is 11.1 Å².